The van der Waals surface area contributed by atoms with E-state index < -0.39 is 0 Å². The van der Waals surface area contributed by atoms with Crippen molar-refractivity contribution in [2.75, 3.05) is 11.1 Å². The first-order valence-corrected chi connectivity index (χ1v) is 9.28. The Labute approximate surface area is 156 Å². The molecule has 0 saturated carbocycles. The first-order valence-electron chi connectivity index (χ1n) is 8.29. The van der Waals surface area contributed by atoms with Crippen LogP contribution in [0.3, 0.4) is 0 Å². The normalized spacial score (nSPS) is 11.1. The minimum atomic E-state index is -0.154. The Morgan fingerprint density at radius 2 is 2.00 bits per heavy atom. The van der Waals surface area contributed by atoms with Gasteiger partial charge in [0.1, 0.15) is 5.82 Å². The van der Waals surface area contributed by atoms with Gasteiger partial charge in [-0.25, -0.2) is 0 Å². The zero-order valence-electron chi connectivity index (χ0n) is 15.2. The van der Waals surface area contributed by atoms with Gasteiger partial charge in [0.25, 0.3) is 5.22 Å². The summed E-state index contributed by atoms with van der Waals surface area (Å²) in [7, 11) is 1.78. The summed E-state index contributed by atoms with van der Waals surface area (Å²) in [6.07, 6.45) is 0. The van der Waals surface area contributed by atoms with Crippen molar-refractivity contribution in [1.29, 1.82) is 0 Å². The van der Waals surface area contributed by atoms with Gasteiger partial charge in [0.15, 0.2) is 0 Å². The van der Waals surface area contributed by atoms with Crippen LogP contribution in [0.2, 0.25) is 0 Å². The second-order valence-corrected chi connectivity index (χ2v) is 7.21. The molecule has 0 radical (unpaired) electrons. The maximum Gasteiger partial charge on any atom is 0.277 e. The van der Waals surface area contributed by atoms with E-state index in [2.05, 4.69) is 46.6 Å². The van der Waals surface area contributed by atoms with Crippen molar-refractivity contribution >= 4 is 23.5 Å². The number of thioether (sulfide) groups is 1. The summed E-state index contributed by atoms with van der Waals surface area (Å²) in [6, 6.07) is 9.86. The number of rotatable bonds is 6. The van der Waals surface area contributed by atoms with Crippen LogP contribution in [0.4, 0.5) is 5.82 Å². The third-order valence-corrected chi connectivity index (χ3v) is 4.65. The molecule has 26 heavy (non-hydrogen) atoms. The fraction of sp³-hybridized carbons (Fsp3) is 0.333. The number of hydrogen-bond acceptors (Lipinski definition) is 6. The molecule has 3 aromatic rings. The Morgan fingerprint density at radius 3 is 2.62 bits per heavy atom. The lowest BCUT2D eigenvalue weighted by Gasteiger charge is -2.04. The van der Waals surface area contributed by atoms with Crippen molar-refractivity contribution in [3.63, 3.8) is 0 Å². The molecule has 0 unspecified atom stereocenters. The van der Waals surface area contributed by atoms with Gasteiger partial charge in [-0.15, -0.1) is 10.2 Å². The van der Waals surface area contributed by atoms with Gasteiger partial charge in [-0.2, -0.15) is 5.10 Å². The largest absolute Gasteiger partial charge is 0.411 e. The fourth-order valence-corrected chi connectivity index (χ4v) is 2.99. The van der Waals surface area contributed by atoms with E-state index >= 15 is 0 Å². The molecular weight excluding hydrogens is 350 g/mol. The average molecular weight is 371 g/mol. The van der Waals surface area contributed by atoms with Crippen molar-refractivity contribution in [2.24, 2.45) is 7.05 Å². The van der Waals surface area contributed by atoms with Crippen molar-refractivity contribution in [2.45, 2.75) is 31.9 Å². The number of nitrogens with zero attached hydrogens (tertiary/aromatic N) is 4. The molecule has 1 N–H and O–H groups in total. The molecule has 1 amide bonds. The highest BCUT2D eigenvalue weighted by molar-refractivity contribution is 7.99. The molecule has 2 aromatic heterocycles. The topological polar surface area (TPSA) is 85.8 Å². The van der Waals surface area contributed by atoms with Crippen LogP contribution >= 0.6 is 11.8 Å². The van der Waals surface area contributed by atoms with Crippen molar-refractivity contribution in [1.82, 2.24) is 20.0 Å². The Kier molecular flexibility index (Phi) is 5.41. The molecule has 0 saturated heterocycles. The first kappa shape index (κ1) is 18.2. The second-order valence-electron chi connectivity index (χ2n) is 6.28. The van der Waals surface area contributed by atoms with Crippen molar-refractivity contribution in [3.8, 4) is 11.5 Å². The Balaban J connectivity index is 1.58. The molecular formula is C18H21N5O2S. The fourth-order valence-electron chi connectivity index (χ4n) is 2.43. The van der Waals surface area contributed by atoms with Crippen molar-refractivity contribution < 1.29 is 9.21 Å². The number of aromatic nitrogens is 4. The molecule has 0 aliphatic heterocycles. The number of carbonyl (C=O) groups excluding carboxylic acids is 1. The molecule has 2 heterocycles. The number of nitrogens with one attached hydrogen (secondary N) is 1. The minimum absolute atomic E-state index is 0.154. The van der Waals surface area contributed by atoms with E-state index in [4.69, 9.17) is 4.42 Å². The van der Waals surface area contributed by atoms with Crippen LogP contribution in [-0.2, 0) is 11.8 Å². The predicted octanol–water partition coefficient (Wildman–Crippen LogP) is 3.63. The minimum Gasteiger partial charge on any atom is -0.411 e. The summed E-state index contributed by atoms with van der Waals surface area (Å²) in [5, 5.41) is 15.4. The zero-order chi connectivity index (χ0) is 18.7. The van der Waals surface area contributed by atoms with Gasteiger partial charge in [0.05, 0.1) is 11.4 Å². The monoisotopic (exact) mass is 371 g/mol. The third-order valence-electron chi connectivity index (χ3n) is 3.83. The molecule has 7 nitrogen and oxygen atoms in total. The van der Waals surface area contributed by atoms with E-state index in [-0.39, 0.29) is 11.7 Å². The highest BCUT2D eigenvalue weighted by atomic mass is 32.2. The molecule has 1 aromatic carbocycles. The summed E-state index contributed by atoms with van der Waals surface area (Å²) in [5.41, 5.74) is 2.97. The smallest absolute Gasteiger partial charge is 0.277 e. The van der Waals surface area contributed by atoms with Crippen molar-refractivity contribution in [3.05, 3.63) is 41.6 Å². The van der Waals surface area contributed by atoms with E-state index in [1.165, 1.54) is 17.3 Å². The molecule has 0 bridgehead atoms. The van der Waals surface area contributed by atoms with Gasteiger partial charge >= 0.3 is 0 Å². The van der Waals surface area contributed by atoms with Gasteiger partial charge in [0, 0.05) is 18.7 Å². The Bertz CT molecular complexity index is 899. The lowest BCUT2D eigenvalue weighted by molar-refractivity contribution is -0.113. The summed E-state index contributed by atoms with van der Waals surface area (Å²) in [6.45, 7) is 6.17. The number of amides is 1. The van der Waals surface area contributed by atoms with Gasteiger partial charge in [0.2, 0.25) is 11.8 Å². The van der Waals surface area contributed by atoms with Gasteiger partial charge in [-0.1, -0.05) is 37.7 Å². The van der Waals surface area contributed by atoms with E-state index in [1.807, 2.05) is 25.1 Å². The van der Waals surface area contributed by atoms with Crippen LogP contribution in [0.5, 0.6) is 0 Å². The summed E-state index contributed by atoms with van der Waals surface area (Å²) >= 11 is 1.20. The Morgan fingerprint density at radius 1 is 1.27 bits per heavy atom. The van der Waals surface area contributed by atoms with Gasteiger partial charge in [-0.05, 0) is 30.5 Å². The molecule has 136 valence electrons. The lowest BCUT2D eigenvalue weighted by atomic mass is 10.0. The number of carbonyl (C=O) groups is 1. The first-order chi connectivity index (χ1) is 12.4. The summed E-state index contributed by atoms with van der Waals surface area (Å²) in [5.74, 6) is 1.60. The molecule has 0 spiro atoms. The molecule has 8 heteroatoms. The number of benzene rings is 1. The van der Waals surface area contributed by atoms with Crippen LogP contribution in [0, 0.1) is 6.92 Å². The van der Waals surface area contributed by atoms with Crippen LogP contribution in [0.1, 0.15) is 31.0 Å². The molecule has 3 rings (SSSR count). The third kappa shape index (κ3) is 4.32. The molecule has 0 aliphatic rings. The predicted molar refractivity (Wildman–Crippen MR) is 101 cm³/mol. The van der Waals surface area contributed by atoms with Gasteiger partial charge < -0.3 is 9.73 Å². The average Bonchev–Trinajstić information content (AvgIpc) is 3.20. The zero-order valence-corrected chi connectivity index (χ0v) is 16.0. The standard InChI is InChI=1S/C18H21N5O2S/c1-11(2)13-5-7-14(8-6-13)17-20-21-18(25-17)26-10-16(24)19-15-9-12(3)22-23(15)4/h5-9,11H,10H2,1-4H3,(H,19,24). The van der Waals surface area contributed by atoms with E-state index in [1.54, 1.807) is 11.7 Å². The number of hydrogen-bond donors (Lipinski definition) is 1. The molecule has 0 atom stereocenters. The number of anilines is 1. The van der Waals surface area contributed by atoms with Crippen LogP contribution in [0.25, 0.3) is 11.5 Å². The van der Waals surface area contributed by atoms with Crippen LogP contribution in [0.15, 0.2) is 40.0 Å². The molecule has 0 aliphatic carbocycles. The Hall–Kier alpha value is -2.61. The van der Waals surface area contributed by atoms with E-state index in [0.717, 1.165) is 11.3 Å². The van der Waals surface area contributed by atoms with E-state index in [0.29, 0.717) is 22.8 Å². The van der Waals surface area contributed by atoms with E-state index in [9.17, 15) is 4.79 Å². The van der Waals surface area contributed by atoms with Crippen LogP contribution in [-0.4, -0.2) is 31.6 Å². The molecule has 0 fully saturated rings. The highest BCUT2D eigenvalue weighted by Crippen LogP contribution is 2.25. The summed E-state index contributed by atoms with van der Waals surface area (Å²) in [4.78, 5) is 12.1. The maximum atomic E-state index is 12.1. The SMILES string of the molecule is Cc1cc(NC(=O)CSc2nnc(-c3ccc(C(C)C)cc3)o2)n(C)n1. The van der Waals surface area contributed by atoms with Gasteiger partial charge in [-0.3, -0.25) is 9.48 Å². The quantitative estimate of drug-likeness (QED) is 0.666. The highest BCUT2D eigenvalue weighted by Gasteiger charge is 2.13. The maximum absolute atomic E-state index is 12.1. The number of aryl methyl sites for hydroxylation is 2. The van der Waals surface area contributed by atoms with Crippen LogP contribution < -0.4 is 5.32 Å². The summed E-state index contributed by atoms with van der Waals surface area (Å²) < 4.78 is 7.27. The second kappa shape index (κ2) is 7.74. The lowest BCUT2D eigenvalue weighted by Crippen LogP contribution is -2.16.